The third-order valence-electron chi connectivity index (χ3n) is 13.6. The monoisotopic (exact) mass is 1040 g/mol. The summed E-state index contributed by atoms with van der Waals surface area (Å²) >= 11 is 0. The molecule has 0 radical (unpaired) electrons. The van der Waals surface area contributed by atoms with Gasteiger partial charge in [-0.25, -0.2) is 17.6 Å². The van der Waals surface area contributed by atoms with Crippen LogP contribution >= 0.6 is 0 Å². The van der Waals surface area contributed by atoms with E-state index in [0.717, 1.165) is 46.2 Å². The summed E-state index contributed by atoms with van der Waals surface area (Å²) in [4.78, 5) is 8.16. The van der Waals surface area contributed by atoms with Gasteiger partial charge < -0.3 is 0 Å². The highest BCUT2D eigenvalue weighted by Gasteiger charge is 2.13. The SMILES string of the molecule is CC1=CCC(C)CC1.CC1=CCC(C)CC1.CC1CCC(C)CC1.Cc1ccc(C)c(F)c1.Cc1ccc(C)c(F)c1.Cc1ccc(C)c(F)c1F.Cc1ccc(C)cc1.Cc1ccc(C)nc1.Cc1ccc(C)nc1. The molecule has 4 aromatic carbocycles. The number of hydrogen-bond acceptors (Lipinski definition) is 2. The summed E-state index contributed by atoms with van der Waals surface area (Å²) < 4.78 is 50.4. The first kappa shape index (κ1) is 68.4. The maximum absolute atomic E-state index is 12.6. The van der Waals surface area contributed by atoms with Crippen LogP contribution in [0.25, 0.3) is 0 Å². The summed E-state index contributed by atoms with van der Waals surface area (Å²) in [6.07, 6.45) is 22.5. The molecule has 0 saturated heterocycles. The Hall–Kier alpha value is -5.62. The molecule has 0 bridgehead atoms. The van der Waals surface area contributed by atoms with Crippen molar-refractivity contribution in [1.29, 1.82) is 0 Å². The van der Waals surface area contributed by atoms with E-state index < -0.39 is 11.6 Å². The second-order valence-electron chi connectivity index (χ2n) is 22.2. The molecular weight excluding hydrogens is 945 g/mol. The lowest BCUT2D eigenvalue weighted by atomic mass is 9.84. The Balaban J connectivity index is 0.000000428. The van der Waals surface area contributed by atoms with E-state index in [9.17, 15) is 17.6 Å². The van der Waals surface area contributed by atoms with Crippen molar-refractivity contribution < 1.29 is 17.6 Å². The largest absolute Gasteiger partial charge is 0.261 e. The van der Waals surface area contributed by atoms with Crippen molar-refractivity contribution in [1.82, 2.24) is 9.97 Å². The fourth-order valence-electron chi connectivity index (χ4n) is 7.48. The minimum absolute atomic E-state index is 0.116. The normalized spacial score (nSPS) is 17.0. The number of rotatable bonds is 0. The molecule has 416 valence electrons. The van der Waals surface area contributed by atoms with Crippen LogP contribution in [0, 0.1) is 130 Å². The van der Waals surface area contributed by atoms with Crippen LogP contribution in [-0.2, 0) is 0 Å². The zero-order chi connectivity index (χ0) is 57.3. The number of aromatic nitrogens is 2. The number of halogens is 4. The summed E-state index contributed by atoms with van der Waals surface area (Å²) in [6, 6.07) is 30.2. The molecule has 2 unspecified atom stereocenters. The van der Waals surface area contributed by atoms with Crippen molar-refractivity contribution in [2.45, 2.75) is 189 Å². The number of allylic oxidation sites excluding steroid dienone is 4. The standard InChI is InChI=1S/C8H8F2.2C8H9F.C8H16.2C8H14.C8H10.2C7H9N/c1-5-3-4-6(2)8(10)7(5)9;2*1-6-3-4-7(2)8(9)5-6;4*1-7-3-5-8(2)6-4-7;2*1-6-3-4-7(2)8-5-6/h3-4H,1-2H3;2*3-5H,1-2H3;7-8H,3-6H2,1-2H3;2*3,8H,4-6H2,1-2H3;3-6H,1-2H3;2*3-5H,1-2H3. The van der Waals surface area contributed by atoms with Crippen molar-refractivity contribution in [3.63, 3.8) is 0 Å². The molecule has 1 saturated carbocycles. The van der Waals surface area contributed by atoms with Crippen LogP contribution in [0.4, 0.5) is 17.6 Å². The van der Waals surface area contributed by atoms with Crippen molar-refractivity contribution in [3.8, 4) is 0 Å². The van der Waals surface area contributed by atoms with Gasteiger partial charge in [-0.3, -0.25) is 9.97 Å². The van der Waals surface area contributed by atoms with Crippen molar-refractivity contribution >= 4 is 0 Å². The number of hydrogen-bond donors (Lipinski definition) is 0. The molecule has 2 nitrogen and oxygen atoms in total. The Bertz CT molecular complexity index is 2290. The molecule has 2 heterocycles. The highest BCUT2D eigenvalue weighted by atomic mass is 19.2. The van der Waals surface area contributed by atoms with Gasteiger partial charge in [0, 0.05) is 23.8 Å². The van der Waals surface area contributed by atoms with Crippen LogP contribution in [0.5, 0.6) is 0 Å². The van der Waals surface area contributed by atoms with Crippen LogP contribution in [-0.4, -0.2) is 9.97 Å². The molecule has 1 fully saturated rings. The van der Waals surface area contributed by atoms with E-state index in [1.54, 1.807) is 49.3 Å². The van der Waals surface area contributed by atoms with E-state index in [-0.39, 0.29) is 11.6 Å². The van der Waals surface area contributed by atoms with E-state index in [1.165, 1.54) is 112 Å². The average Bonchev–Trinajstić information content (AvgIpc) is 3.39. The molecule has 76 heavy (non-hydrogen) atoms. The van der Waals surface area contributed by atoms with Crippen LogP contribution in [0.3, 0.4) is 0 Å². The van der Waals surface area contributed by atoms with Crippen molar-refractivity contribution in [2.24, 2.45) is 23.7 Å². The number of pyridine rings is 2. The summed E-state index contributed by atoms with van der Waals surface area (Å²) in [7, 11) is 0. The fourth-order valence-corrected chi connectivity index (χ4v) is 7.48. The van der Waals surface area contributed by atoms with E-state index >= 15 is 0 Å². The molecule has 6 aromatic rings. The minimum atomic E-state index is -0.736. The van der Waals surface area contributed by atoms with Gasteiger partial charge in [-0.05, 0) is 228 Å². The summed E-state index contributed by atoms with van der Waals surface area (Å²) in [5.74, 6) is 2.22. The van der Waals surface area contributed by atoms with Crippen molar-refractivity contribution in [2.75, 3.05) is 0 Å². The topological polar surface area (TPSA) is 25.8 Å². The van der Waals surface area contributed by atoms with E-state index in [2.05, 4.69) is 114 Å². The van der Waals surface area contributed by atoms with E-state index in [1.807, 2.05) is 78.2 Å². The quantitative estimate of drug-likeness (QED) is 0.112. The van der Waals surface area contributed by atoms with Gasteiger partial charge in [-0.2, -0.15) is 0 Å². The Kier molecular flexibility index (Phi) is 34.2. The molecule has 9 rings (SSSR count). The molecule has 0 aliphatic heterocycles. The molecule has 0 N–H and O–H groups in total. The third-order valence-corrected chi connectivity index (χ3v) is 13.6. The zero-order valence-electron chi connectivity index (χ0n) is 50.3. The van der Waals surface area contributed by atoms with E-state index in [0.29, 0.717) is 22.3 Å². The zero-order valence-corrected chi connectivity index (χ0v) is 50.3. The lowest BCUT2D eigenvalue weighted by Crippen LogP contribution is -2.08. The molecular formula is C70H98F4N2. The van der Waals surface area contributed by atoms with Gasteiger partial charge in [0.05, 0.1) is 0 Å². The average molecular weight is 1040 g/mol. The fraction of sp³-hybridized carbons (Fsp3) is 0.457. The van der Waals surface area contributed by atoms with Gasteiger partial charge in [-0.1, -0.05) is 161 Å². The first-order valence-electron chi connectivity index (χ1n) is 27.8. The van der Waals surface area contributed by atoms with Crippen LogP contribution in [0.1, 0.15) is 173 Å². The van der Waals surface area contributed by atoms with Crippen LogP contribution < -0.4 is 0 Å². The predicted octanol–water partition coefficient (Wildman–Crippen LogP) is 21.5. The Morgan fingerprint density at radius 3 is 0.842 bits per heavy atom. The maximum atomic E-state index is 12.6. The van der Waals surface area contributed by atoms with Gasteiger partial charge in [0.1, 0.15) is 11.6 Å². The Labute approximate surface area is 461 Å². The third kappa shape index (κ3) is 32.7. The first-order chi connectivity index (χ1) is 35.7. The highest BCUT2D eigenvalue weighted by Crippen LogP contribution is 2.27. The number of benzene rings is 4. The van der Waals surface area contributed by atoms with Crippen LogP contribution in [0.15, 0.2) is 133 Å². The smallest absolute Gasteiger partial charge is 0.161 e. The number of nitrogens with zero attached hydrogens (tertiary/aromatic N) is 2. The van der Waals surface area contributed by atoms with Gasteiger partial charge in [0.2, 0.25) is 0 Å². The highest BCUT2D eigenvalue weighted by molar-refractivity contribution is 5.25. The van der Waals surface area contributed by atoms with E-state index in [4.69, 9.17) is 0 Å². The molecule has 3 aliphatic carbocycles. The van der Waals surface area contributed by atoms with Gasteiger partial charge >= 0.3 is 0 Å². The van der Waals surface area contributed by atoms with Gasteiger partial charge in [-0.15, -0.1) is 0 Å². The van der Waals surface area contributed by atoms with Gasteiger partial charge in [0.25, 0.3) is 0 Å². The maximum Gasteiger partial charge on any atom is 0.161 e. The molecule has 3 aliphatic rings. The Morgan fingerprint density at radius 2 is 0.618 bits per heavy atom. The lowest BCUT2D eigenvalue weighted by molar-refractivity contribution is 0.308. The predicted molar refractivity (Wildman–Crippen MR) is 321 cm³/mol. The Morgan fingerprint density at radius 1 is 0.329 bits per heavy atom. The second-order valence-corrected chi connectivity index (χ2v) is 22.2. The summed E-state index contributed by atoms with van der Waals surface area (Å²) in [5, 5.41) is 0. The molecule has 6 heteroatoms. The first-order valence-corrected chi connectivity index (χ1v) is 27.8. The molecule has 2 aromatic heterocycles. The number of aryl methyl sites for hydroxylation is 12. The lowest BCUT2D eigenvalue weighted by Gasteiger charge is -2.22. The minimum Gasteiger partial charge on any atom is -0.261 e. The second kappa shape index (κ2) is 38.0. The van der Waals surface area contributed by atoms with Crippen molar-refractivity contribution in [3.05, 3.63) is 223 Å². The molecule has 0 spiro atoms. The molecule has 0 amide bonds. The summed E-state index contributed by atoms with van der Waals surface area (Å²) in [5.41, 5.74) is 14.5. The van der Waals surface area contributed by atoms with Gasteiger partial charge in [0.15, 0.2) is 11.6 Å². The summed E-state index contributed by atoms with van der Waals surface area (Å²) in [6.45, 7) is 36.4. The molecule has 2 atom stereocenters. The van der Waals surface area contributed by atoms with Crippen LogP contribution in [0.2, 0.25) is 0 Å².